The third kappa shape index (κ3) is 2.21. The van der Waals surface area contributed by atoms with E-state index in [0.717, 1.165) is 22.2 Å². The number of hydrogen-bond donors (Lipinski definition) is 2. The number of hydrogen-bond acceptors (Lipinski definition) is 7. The third-order valence-corrected chi connectivity index (χ3v) is 4.08. The maximum absolute atomic E-state index is 5.56. The lowest BCUT2D eigenvalue weighted by Crippen LogP contribution is -2.10. The van der Waals surface area contributed by atoms with Gasteiger partial charge in [-0.15, -0.1) is 11.3 Å². The molecule has 0 saturated carbocycles. The molecule has 3 aromatic heterocycles. The fraction of sp³-hybridized carbons (Fsp3) is 0.231. The Kier molecular flexibility index (Phi) is 3.29. The van der Waals surface area contributed by atoms with Crippen LogP contribution in [0, 0.1) is 6.92 Å². The van der Waals surface area contributed by atoms with Crippen molar-refractivity contribution in [1.82, 2.24) is 19.9 Å². The van der Waals surface area contributed by atoms with Crippen LogP contribution in [0.5, 0.6) is 0 Å². The Balaban J connectivity index is 2.18. The number of anilines is 1. The van der Waals surface area contributed by atoms with Gasteiger partial charge in [-0.25, -0.2) is 25.8 Å². The Hall–Kier alpha value is -2.12. The molecule has 0 spiro atoms. The van der Waals surface area contributed by atoms with Crippen LogP contribution in [0.1, 0.15) is 17.4 Å². The highest BCUT2D eigenvalue weighted by molar-refractivity contribution is 7.18. The van der Waals surface area contributed by atoms with Crippen molar-refractivity contribution in [2.75, 3.05) is 5.43 Å². The zero-order valence-corrected chi connectivity index (χ0v) is 12.0. The molecule has 3 rings (SSSR count). The summed E-state index contributed by atoms with van der Waals surface area (Å²) in [6.07, 6.45) is 4.45. The lowest BCUT2D eigenvalue weighted by atomic mass is 10.3. The largest absolute Gasteiger partial charge is 0.308 e. The summed E-state index contributed by atoms with van der Waals surface area (Å²) in [7, 11) is 0. The second-order valence-corrected chi connectivity index (χ2v) is 5.52. The van der Waals surface area contributed by atoms with Crippen LogP contribution in [0.2, 0.25) is 0 Å². The topological polar surface area (TPSA) is 89.6 Å². The Labute approximate surface area is 120 Å². The van der Waals surface area contributed by atoms with Crippen LogP contribution in [-0.4, -0.2) is 19.9 Å². The van der Waals surface area contributed by atoms with Crippen LogP contribution in [0.4, 0.5) is 5.82 Å². The van der Waals surface area contributed by atoms with Crippen LogP contribution in [0.25, 0.3) is 21.9 Å². The highest BCUT2D eigenvalue weighted by atomic mass is 32.1. The van der Waals surface area contributed by atoms with E-state index in [1.807, 2.05) is 6.92 Å². The Morgan fingerprint density at radius 1 is 1.20 bits per heavy atom. The number of aromatic nitrogens is 4. The molecule has 0 saturated heterocycles. The molecule has 0 radical (unpaired) electrons. The molecule has 0 aliphatic carbocycles. The minimum absolute atomic E-state index is 0.481. The minimum atomic E-state index is 0.481. The van der Waals surface area contributed by atoms with E-state index < -0.39 is 0 Å². The van der Waals surface area contributed by atoms with E-state index in [1.165, 1.54) is 4.88 Å². The number of rotatable bonds is 3. The van der Waals surface area contributed by atoms with Gasteiger partial charge in [-0.1, -0.05) is 6.92 Å². The van der Waals surface area contributed by atoms with Gasteiger partial charge < -0.3 is 5.43 Å². The first-order chi connectivity index (χ1) is 9.71. The third-order valence-electron chi connectivity index (χ3n) is 2.91. The highest BCUT2D eigenvalue weighted by Crippen LogP contribution is 2.30. The van der Waals surface area contributed by atoms with Crippen LogP contribution < -0.4 is 11.3 Å². The molecular formula is C13H14N6S. The molecule has 0 bridgehead atoms. The van der Waals surface area contributed by atoms with Crippen molar-refractivity contribution in [3.63, 3.8) is 0 Å². The summed E-state index contributed by atoms with van der Waals surface area (Å²) in [5, 5.41) is 0.935. The number of hydrazine groups is 1. The van der Waals surface area contributed by atoms with E-state index in [1.54, 1.807) is 23.7 Å². The Morgan fingerprint density at radius 2 is 1.95 bits per heavy atom. The normalized spacial score (nSPS) is 10.9. The molecule has 7 heteroatoms. The van der Waals surface area contributed by atoms with E-state index in [2.05, 4.69) is 38.4 Å². The molecule has 3 heterocycles. The van der Waals surface area contributed by atoms with E-state index >= 15 is 0 Å². The van der Waals surface area contributed by atoms with Crippen LogP contribution in [-0.2, 0) is 6.42 Å². The standard InChI is InChI=1S/C13H14N6S/c1-3-8-4-9-10(19-14)17-12(18-13(9)20-8)11-15-5-7(2)6-16-11/h4-6H,3,14H2,1-2H3,(H,17,18,19). The molecule has 0 fully saturated rings. The van der Waals surface area contributed by atoms with Crippen molar-refractivity contribution < 1.29 is 0 Å². The summed E-state index contributed by atoms with van der Waals surface area (Å²) in [4.78, 5) is 19.6. The minimum Gasteiger partial charge on any atom is -0.308 e. The van der Waals surface area contributed by atoms with Crippen molar-refractivity contribution in [3.05, 3.63) is 28.9 Å². The highest BCUT2D eigenvalue weighted by Gasteiger charge is 2.13. The first-order valence-corrected chi connectivity index (χ1v) is 7.09. The molecule has 0 amide bonds. The summed E-state index contributed by atoms with van der Waals surface area (Å²) in [5.74, 6) is 7.15. The van der Waals surface area contributed by atoms with Gasteiger partial charge >= 0.3 is 0 Å². The molecule has 0 unspecified atom stereocenters. The van der Waals surface area contributed by atoms with Gasteiger partial charge in [-0.05, 0) is 25.0 Å². The summed E-state index contributed by atoms with van der Waals surface area (Å²) in [6, 6.07) is 2.06. The number of nitrogens with one attached hydrogen (secondary N) is 1. The smallest absolute Gasteiger partial charge is 0.201 e. The maximum atomic E-state index is 5.56. The number of nitrogens with two attached hydrogens (primary N) is 1. The molecule has 0 aliphatic rings. The summed E-state index contributed by atoms with van der Waals surface area (Å²) < 4.78 is 0. The number of nitrogen functional groups attached to an aromatic ring is 1. The first kappa shape index (κ1) is 12.9. The Bertz CT molecular complexity index is 749. The first-order valence-electron chi connectivity index (χ1n) is 6.27. The summed E-state index contributed by atoms with van der Waals surface area (Å²) in [5.41, 5.74) is 3.63. The van der Waals surface area contributed by atoms with E-state index in [-0.39, 0.29) is 0 Å². The predicted molar refractivity (Wildman–Crippen MR) is 80.4 cm³/mol. The van der Waals surface area contributed by atoms with Crippen molar-refractivity contribution in [1.29, 1.82) is 0 Å². The van der Waals surface area contributed by atoms with Gasteiger partial charge in [0, 0.05) is 17.3 Å². The van der Waals surface area contributed by atoms with Crippen molar-refractivity contribution in [2.45, 2.75) is 20.3 Å². The van der Waals surface area contributed by atoms with Crippen LogP contribution in [0.15, 0.2) is 18.5 Å². The molecule has 102 valence electrons. The quantitative estimate of drug-likeness (QED) is 0.567. The molecule has 20 heavy (non-hydrogen) atoms. The van der Waals surface area contributed by atoms with Crippen molar-refractivity contribution in [2.24, 2.45) is 5.84 Å². The number of thiophene rings is 1. The van der Waals surface area contributed by atoms with Gasteiger partial charge in [0.25, 0.3) is 0 Å². The summed E-state index contributed by atoms with van der Waals surface area (Å²) >= 11 is 1.64. The number of nitrogens with zero attached hydrogens (tertiary/aromatic N) is 4. The number of fused-ring (bicyclic) bond motifs is 1. The van der Waals surface area contributed by atoms with Gasteiger partial charge in [0.05, 0.1) is 5.39 Å². The monoisotopic (exact) mass is 286 g/mol. The summed E-state index contributed by atoms with van der Waals surface area (Å²) in [6.45, 7) is 4.05. The van der Waals surface area contributed by atoms with Gasteiger partial charge in [-0.3, -0.25) is 0 Å². The van der Waals surface area contributed by atoms with Gasteiger partial charge in [0.1, 0.15) is 4.83 Å². The SMILES string of the molecule is CCc1cc2c(NN)nc(-c3ncc(C)cn3)nc2s1. The molecule has 0 aromatic carbocycles. The molecule has 3 N–H and O–H groups in total. The zero-order chi connectivity index (χ0) is 14.1. The fourth-order valence-corrected chi connectivity index (χ4v) is 2.83. The van der Waals surface area contributed by atoms with Gasteiger partial charge in [0.2, 0.25) is 5.82 Å². The molecule has 0 atom stereocenters. The average Bonchev–Trinajstić information content (AvgIpc) is 2.90. The second kappa shape index (κ2) is 5.10. The maximum Gasteiger partial charge on any atom is 0.201 e. The van der Waals surface area contributed by atoms with E-state index in [4.69, 9.17) is 5.84 Å². The van der Waals surface area contributed by atoms with Gasteiger partial charge in [0.15, 0.2) is 11.6 Å². The van der Waals surface area contributed by atoms with Gasteiger partial charge in [-0.2, -0.15) is 0 Å². The lowest BCUT2D eigenvalue weighted by molar-refractivity contribution is 1.08. The van der Waals surface area contributed by atoms with E-state index in [0.29, 0.717) is 17.5 Å². The molecule has 3 aromatic rings. The second-order valence-electron chi connectivity index (χ2n) is 4.41. The fourth-order valence-electron chi connectivity index (χ4n) is 1.86. The average molecular weight is 286 g/mol. The lowest BCUT2D eigenvalue weighted by Gasteiger charge is -2.04. The van der Waals surface area contributed by atoms with Crippen LogP contribution in [0.3, 0.4) is 0 Å². The van der Waals surface area contributed by atoms with Crippen LogP contribution >= 0.6 is 11.3 Å². The molecule has 0 aliphatic heterocycles. The van der Waals surface area contributed by atoms with Crippen molar-refractivity contribution >= 4 is 27.4 Å². The van der Waals surface area contributed by atoms with E-state index in [9.17, 15) is 0 Å². The predicted octanol–water partition coefficient (Wildman–Crippen LogP) is 2.30. The Morgan fingerprint density at radius 3 is 2.60 bits per heavy atom. The molecular weight excluding hydrogens is 272 g/mol. The molecule has 6 nitrogen and oxygen atoms in total. The van der Waals surface area contributed by atoms with Crippen molar-refractivity contribution in [3.8, 4) is 11.6 Å². The number of aryl methyl sites for hydroxylation is 2. The zero-order valence-electron chi connectivity index (χ0n) is 11.2.